The van der Waals surface area contributed by atoms with Gasteiger partial charge >= 0.3 is 5.97 Å². The highest BCUT2D eigenvalue weighted by molar-refractivity contribution is 5.77. The van der Waals surface area contributed by atoms with Crippen molar-refractivity contribution in [3.8, 4) is 6.07 Å². The number of carboxylic acid groups (broad SMARTS) is 1. The van der Waals surface area contributed by atoms with Crippen LogP contribution in [0.15, 0.2) is 42.5 Å². The molecule has 3 rings (SSSR count). The van der Waals surface area contributed by atoms with Crippen LogP contribution in [0.25, 0.3) is 0 Å². The fourth-order valence-corrected chi connectivity index (χ4v) is 4.12. The molecule has 1 fully saturated rings. The number of aliphatic carboxylic acids is 1. The predicted molar refractivity (Wildman–Crippen MR) is 123 cm³/mol. The van der Waals surface area contributed by atoms with Crippen LogP contribution >= 0.6 is 0 Å². The summed E-state index contributed by atoms with van der Waals surface area (Å²) >= 11 is 0. The number of benzene rings is 2. The van der Waals surface area contributed by atoms with Gasteiger partial charge in [0.15, 0.2) is 0 Å². The SMILES string of the molecule is CCC(CC(=O)O)c1ccc(N2CCOCC2C(C)C)c(Nc2ccc(C#N)cc2)c1. The summed E-state index contributed by atoms with van der Waals surface area (Å²) in [4.78, 5) is 13.7. The van der Waals surface area contributed by atoms with E-state index in [2.05, 4.69) is 48.3 Å². The van der Waals surface area contributed by atoms with Crippen LogP contribution in [0.4, 0.5) is 17.1 Å². The summed E-state index contributed by atoms with van der Waals surface area (Å²) in [7, 11) is 0. The van der Waals surface area contributed by atoms with Gasteiger partial charge in [0.25, 0.3) is 0 Å². The number of carboxylic acids is 1. The molecule has 31 heavy (non-hydrogen) atoms. The number of morpholine rings is 1. The lowest BCUT2D eigenvalue weighted by Gasteiger charge is -2.40. The summed E-state index contributed by atoms with van der Waals surface area (Å²) in [6.45, 7) is 8.59. The highest BCUT2D eigenvalue weighted by Gasteiger charge is 2.28. The van der Waals surface area contributed by atoms with Gasteiger partial charge in [-0.05, 0) is 60.2 Å². The van der Waals surface area contributed by atoms with Crippen molar-refractivity contribution in [2.24, 2.45) is 5.92 Å². The Kier molecular flexibility index (Phi) is 7.54. The zero-order valence-corrected chi connectivity index (χ0v) is 18.5. The van der Waals surface area contributed by atoms with Gasteiger partial charge < -0.3 is 20.1 Å². The zero-order chi connectivity index (χ0) is 22.4. The first-order valence-corrected chi connectivity index (χ1v) is 10.9. The van der Waals surface area contributed by atoms with Crippen molar-refractivity contribution < 1.29 is 14.6 Å². The summed E-state index contributed by atoms with van der Waals surface area (Å²) in [6.07, 6.45) is 0.868. The molecule has 6 nitrogen and oxygen atoms in total. The first-order chi connectivity index (χ1) is 14.9. The Labute approximate surface area is 184 Å². The van der Waals surface area contributed by atoms with E-state index in [1.54, 1.807) is 12.1 Å². The third kappa shape index (κ3) is 5.56. The minimum absolute atomic E-state index is 0.0429. The molecule has 0 aliphatic carbocycles. The number of rotatable bonds is 8. The Morgan fingerprint density at radius 2 is 2.03 bits per heavy atom. The molecule has 0 radical (unpaired) electrons. The molecule has 1 saturated heterocycles. The number of hydrogen-bond donors (Lipinski definition) is 2. The first kappa shape index (κ1) is 22.6. The molecule has 1 aliphatic heterocycles. The summed E-state index contributed by atoms with van der Waals surface area (Å²) in [5.74, 6) is -0.401. The lowest BCUT2D eigenvalue weighted by Crippen LogP contribution is -2.48. The standard InChI is InChI=1S/C25H31N3O3/c1-4-19(14-25(29)30)20-7-10-23(28-11-12-31-16-24(28)17(2)3)22(13-20)27-21-8-5-18(15-26)6-9-21/h5-10,13,17,19,24,27H,4,11-12,14,16H2,1-3H3,(H,29,30). The van der Waals surface area contributed by atoms with Crippen LogP contribution in [0, 0.1) is 17.2 Å². The molecule has 164 valence electrons. The number of hydrogen-bond acceptors (Lipinski definition) is 5. The van der Waals surface area contributed by atoms with Gasteiger partial charge in [0.05, 0.1) is 48.7 Å². The first-order valence-electron chi connectivity index (χ1n) is 10.9. The second-order valence-corrected chi connectivity index (χ2v) is 8.37. The monoisotopic (exact) mass is 421 g/mol. The summed E-state index contributed by atoms with van der Waals surface area (Å²) in [5.41, 5.74) is 4.54. The van der Waals surface area contributed by atoms with Gasteiger partial charge in [-0.1, -0.05) is 26.8 Å². The summed E-state index contributed by atoms with van der Waals surface area (Å²) in [6, 6.07) is 16.0. The van der Waals surface area contributed by atoms with Crippen molar-refractivity contribution in [1.82, 2.24) is 0 Å². The third-order valence-electron chi connectivity index (χ3n) is 5.94. The van der Waals surface area contributed by atoms with Crippen LogP contribution in [-0.2, 0) is 9.53 Å². The summed E-state index contributed by atoms with van der Waals surface area (Å²) < 4.78 is 5.74. The Morgan fingerprint density at radius 1 is 1.29 bits per heavy atom. The normalized spacial score (nSPS) is 17.3. The molecule has 0 spiro atoms. The Hall–Kier alpha value is -3.04. The van der Waals surface area contributed by atoms with Crippen molar-refractivity contribution in [3.05, 3.63) is 53.6 Å². The Balaban J connectivity index is 2.01. The molecule has 2 unspecified atom stereocenters. The molecular weight excluding hydrogens is 390 g/mol. The molecule has 0 bridgehead atoms. The quantitative estimate of drug-likeness (QED) is 0.614. The van der Waals surface area contributed by atoms with E-state index in [0.717, 1.165) is 35.6 Å². The highest BCUT2D eigenvalue weighted by Crippen LogP contribution is 2.36. The average Bonchev–Trinajstić information content (AvgIpc) is 2.78. The number of carbonyl (C=O) groups is 1. The Bertz CT molecular complexity index is 934. The van der Waals surface area contributed by atoms with Gasteiger partial charge in [0.1, 0.15) is 0 Å². The molecule has 2 aromatic carbocycles. The van der Waals surface area contributed by atoms with E-state index in [9.17, 15) is 9.90 Å². The van der Waals surface area contributed by atoms with E-state index in [4.69, 9.17) is 10.00 Å². The predicted octanol–water partition coefficient (Wildman–Crippen LogP) is 5.13. The molecule has 2 N–H and O–H groups in total. The molecular formula is C25H31N3O3. The van der Waals surface area contributed by atoms with Gasteiger partial charge in [-0.25, -0.2) is 0 Å². The largest absolute Gasteiger partial charge is 0.481 e. The average molecular weight is 422 g/mol. The lowest BCUT2D eigenvalue weighted by molar-refractivity contribution is -0.137. The van der Waals surface area contributed by atoms with Crippen LogP contribution < -0.4 is 10.2 Å². The Morgan fingerprint density at radius 3 is 2.65 bits per heavy atom. The number of nitriles is 1. The van der Waals surface area contributed by atoms with Crippen LogP contribution in [0.1, 0.15) is 50.7 Å². The van der Waals surface area contributed by atoms with Crippen LogP contribution in [0.3, 0.4) is 0 Å². The minimum atomic E-state index is -0.787. The maximum Gasteiger partial charge on any atom is 0.303 e. The fourth-order valence-electron chi connectivity index (χ4n) is 4.12. The van der Waals surface area contributed by atoms with Gasteiger partial charge in [-0.3, -0.25) is 4.79 Å². The zero-order valence-electron chi connectivity index (χ0n) is 18.5. The lowest BCUT2D eigenvalue weighted by atomic mass is 9.92. The van der Waals surface area contributed by atoms with Gasteiger partial charge in [-0.15, -0.1) is 0 Å². The van der Waals surface area contributed by atoms with Crippen molar-refractivity contribution in [2.75, 3.05) is 30.0 Å². The van der Waals surface area contributed by atoms with Crippen LogP contribution in [0.2, 0.25) is 0 Å². The third-order valence-corrected chi connectivity index (χ3v) is 5.94. The van der Waals surface area contributed by atoms with Gasteiger partial charge in [-0.2, -0.15) is 5.26 Å². The maximum atomic E-state index is 11.3. The van der Waals surface area contributed by atoms with E-state index in [1.807, 2.05) is 19.1 Å². The van der Waals surface area contributed by atoms with E-state index < -0.39 is 5.97 Å². The topological polar surface area (TPSA) is 85.6 Å². The number of anilines is 3. The van der Waals surface area contributed by atoms with E-state index in [0.29, 0.717) is 24.7 Å². The van der Waals surface area contributed by atoms with Crippen molar-refractivity contribution in [1.29, 1.82) is 5.26 Å². The highest BCUT2D eigenvalue weighted by atomic mass is 16.5. The fraction of sp³-hybridized carbons (Fsp3) is 0.440. The maximum absolute atomic E-state index is 11.3. The van der Waals surface area contributed by atoms with E-state index >= 15 is 0 Å². The minimum Gasteiger partial charge on any atom is -0.481 e. The molecule has 1 heterocycles. The van der Waals surface area contributed by atoms with Gasteiger partial charge in [0.2, 0.25) is 0 Å². The molecule has 2 aromatic rings. The molecule has 0 amide bonds. The molecule has 0 saturated carbocycles. The number of nitrogens with zero attached hydrogens (tertiary/aromatic N) is 2. The van der Waals surface area contributed by atoms with Gasteiger partial charge in [0, 0.05) is 12.2 Å². The van der Waals surface area contributed by atoms with E-state index in [-0.39, 0.29) is 18.4 Å². The van der Waals surface area contributed by atoms with Crippen LogP contribution in [0.5, 0.6) is 0 Å². The molecule has 2 atom stereocenters. The van der Waals surface area contributed by atoms with Crippen LogP contribution in [-0.4, -0.2) is 36.9 Å². The van der Waals surface area contributed by atoms with Crippen molar-refractivity contribution >= 4 is 23.0 Å². The second-order valence-electron chi connectivity index (χ2n) is 8.37. The van der Waals surface area contributed by atoms with Crippen molar-refractivity contribution in [2.45, 2.75) is 45.6 Å². The second kappa shape index (κ2) is 10.3. The van der Waals surface area contributed by atoms with Crippen molar-refractivity contribution in [3.63, 3.8) is 0 Å². The number of ether oxygens (including phenoxy) is 1. The smallest absolute Gasteiger partial charge is 0.303 e. The summed E-state index contributed by atoms with van der Waals surface area (Å²) in [5, 5.41) is 21.9. The molecule has 0 aromatic heterocycles. The number of nitrogens with one attached hydrogen (secondary N) is 1. The van der Waals surface area contributed by atoms with E-state index in [1.165, 1.54) is 0 Å². The molecule has 1 aliphatic rings. The molecule has 6 heteroatoms.